The van der Waals surface area contributed by atoms with E-state index in [-0.39, 0.29) is 19.1 Å². The summed E-state index contributed by atoms with van der Waals surface area (Å²) in [7, 11) is 0. The van der Waals surface area contributed by atoms with Crippen molar-refractivity contribution in [2.24, 2.45) is 17.1 Å². The van der Waals surface area contributed by atoms with Gasteiger partial charge in [-0.3, -0.25) is 9.59 Å². The van der Waals surface area contributed by atoms with Crippen LogP contribution in [0.3, 0.4) is 0 Å². The fourth-order valence-electron chi connectivity index (χ4n) is 1.99. The highest BCUT2D eigenvalue weighted by molar-refractivity contribution is 5.86. The molecule has 0 bridgehead atoms. The summed E-state index contributed by atoms with van der Waals surface area (Å²) < 4.78 is 5.12. The lowest BCUT2D eigenvalue weighted by molar-refractivity contribution is -0.148. The van der Waals surface area contributed by atoms with Crippen LogP contribution in [0.15, 0.2) is 0 Å². The fraction of sp³-hybridized carbons (Fsp3) is 0.750. The number of nitrogens with two attached hydrogens (primary N) is 1. The first-order chi connectivity index (χ1) is 9.18. The number of urea groups is 1. The summed E-state index contributed by atoms with van der Waals surface area (Å²) in [4.78, 5) is 34.3. The van der Waals surface area contributed by atoms with Gasteiger partial charge in [-0.1, -0.05) is 13.8 Å². The Morgan fingerprint density at radius 3 is 2.45 bits per heavy atom. The molecule has 0 aromatic carbocycles. The number of nitrogens with one attached hydrogen (secondary N) is 2. The summed E-state index contributed by atoms with van der Waals surface area (Å²) in [5.74, 6) is -1.85. The smallest absolute Gasteiger partial charge is 0.315 e. The maximum Gasteiger partial charge on any atom is 0.315 e. The van der Waals surface area contributed by atoms with E-state index in [1.54, 1.807) is 13.8 Å². The van der Waals surface area contributed by atoms with E-state index in [9.17, 15) is 19.5 Å². The highest BCUT2D eigenvalue weighted by Crippen LogP contribution is 2.28. The Labute approximate surface area is 117 Å². The standard InChI is InChI=1S/C12H21N3O5/c1-6(2)8(9(13)16)15-11(19)14-7-4-20-5-12(7,3)10(17)18/h6-8H,4-5H2,1-3H3,(H2,13,16)(H,17,18)(H2,14,15,19). The zero-order valence-electron chi connectivity index (χ0n) is 11.8. The Bertz CT molecular complexity index is 412. The number of carboxylic acid groups (broad SMARTS) is 1. The van der Waals surface area contributed by atoms with E-state index in [2.05, 4.69) is 10.6 Å². The quantitative estimate of drug-likeness (QED) is 0.530. The van der Waals surface area contributed by atoms with Gasteiger partial charge in [0, 0.05) is 0 Å². The van der Waals surface area contributed by atoms with Crippen molar-refractivity contribution in [3.8, 4) is 0 Å². The predicted molar refractivity (Wildman–Crippen MR) is 69.8 cm³/mol. The highest BCUT2D eigenvalue weighted by Gasteiger charge is 2.47. The monoisotopic (exact) mass is 287 g/mol. The largest absolute Gasteiger partial charge is 0.481 e. The molecule has 1 aliphatic heterocycles. The van der Waals surface area contributed by atoms with Crippen LogP contribution in [0.2, 0.25) is 0 Å². The number of primary amides is 1. The van der Waals surface area contributed by atoms with E-state index in [4.69, 9.17) is 10.5 Å². The summed E-state index contributed by atoms with van der Waals surface area (Å²) in [6.45, 7) is 5.13. The van der Waals surface area contributed by atoms with Crippen molar-refractivity contribution in [3.63, 3.8) is 0 Å². The molecule has 1 rings (SSSR count). The van der Waals surface area contributed by atoms with Crippen molar-refractivity contribution in [1.29, 1.82) is 0 Å². The summed E-state index contributed by atoms with van der Waals surface area (Å²) in [5.41, 5.74) is 4.01. The molecule has 3 unspecified atom stereocenters. The molecule has 114 valence electrons. The zero-order chi connectivity index (χ0) is 15.5. The Morgan fingerprint density at radius 2 is 2.00 bits per heavy atom. The third kappa shape index (κ3) is 3.38. The summed E-state index contributed by atoms with van der Waals surface area (Å²) in [6, 6.07) is -2.11. The molecule has 1 aliphatic rings. The van der Waals surface area contributed by atoms with Gasteiger partial charge >= 0.3 is 12.0 Å². The van der Waals surface area contributed by atoms with Crippen molar-refractivity contribution >= 4 is 17.9 Å². The van der Waals surface area contributed by atoms with Crippen LogP contribution < -0.4 is 16.4 Å². The topological polar surface area (TPSA) is 131 Å². The van der Waals surface area contributed by atoms with Crippen LogP contribution in [0.1, 0.15) is 20.8 Å². The number of hydrogen-bond acceptors (Lipinski definition) is 4. The molecule has 20 heavy (non-hydrogen) atoms. The lowest BCUT2D eigenvalue weighted by Gasteiger charge is -2.27. The molecule has 0 aliphatic carbocycles. The lowest BCUT2D eigenvalue weighted by atomic mass is 9.85. The van der Waals surface area contributed by atoms with E-state index >= 15 is 0 Å². The van der Waals surface area contributed by atoms with Gasteiger partial charge in [-0.25, -0.2) is 4.79 Å². The molecule has 1 fully saturated rings. The maximum atomic E-state index is 11.9. The molecular formula is C12H21N3O5. The minimum atomic E-state index is -1.18. The first-order valence-electron chi connectivity index (χ1n) is 6.36. The Balaban J connectivity index is 2.66. The third-order valence-corrected chi connectivity index (χ3v) is 3.51. The van der Waals surface area contributed by atoms with Gasteiger partial charge < -0.3 is 26.2 Å². The SMILES string of the molecule is CC(C)C(NC(=O)NC1COCC1(C)C(=O)O)C(N)=O. The molecule has 1 heterocycles. The van der Waals surface area contributed by atoms with Gasteiger partial charge in [-0.2, -0.15) is 0 Å². The van der Waals surface area contributed by atoms with E-state index in [0.717, 1.165) is 0 Å². The Kier molecular flexibility index (Phi) is 4.93. The van der Waals surface area contributed by atoms with Crippen LogP contribution >= 0.6 is 0 Å². The van der Waals surface area contributed by atoms with Gasteiger partial charge in [-0.15, -0.1) is 0 Å². The molecule has 0 aromatic rings. The van der Waals surface area contributed by atoms with Crippen LogP contribution in [0.25, 0.3) is 0 Å². The van der Waals surface area contributed by atoms with Gasteiger partial charge in [0.2, 0.25) is 5.91 Å². The Hall–Kier alpha value is -1.83. The molecule has 0 saturated carbocycles. The molecule has 0 aromatic heterocycles. The second kappa shape index (κ2) is 6.08. The van der Waals surface area contributed by atoms with E-state index in [1.165, 1.54) is 6.92 Å². The number of carbonyl (C=O) groups is 3. The zero-order valence-corrected chi connectivity index (χ0v) is 11.8. The molecule has 8 heteroatoms. The number of ether oxygens (including phenoxy) is 1. The molecule has 8 nitrogen and oxygen atoms in total. The van der Waals surface area contributed by atoms with Crippen molar-refractivity contribution < 1.29 is 24.2 Å². The molecule has 3 atom stereocenters. The average Bonchev–Trinajstić information content (AvgIpc) is 2.68. The fourth-order valence-corrected chi connectivity index (χ4v) is 1.99. The number of hydrogen-bond donors (Lipinski definition) is 4. The minimum Gasteiger partial charge on any atom is -0.481 e. The van der Waals surface area contributed by atoms with Crippen LogP contribution in [0.5, 0.6) is 0 Å². The van der Waals surface area contributed by atoms with Gasteiger partial charge in [0.05, 0.1) is 19.3 Å². The normalized spacial score (nSPS) is 27.1. The van der Waals surface area contributed by atoms with Crippen LogP contribution in [0, 0.1) is 11.3 Å². The van der Waals surface area contributed by atoms with Gasteiger partial charge in [-0.05, 0) is 12.8 Å². The van der Waals surface area contributed by atoms with Crippen LogP contribution in [-0.2, 0) is 14.3 Å². The third-order valence-electron chi connectivity index (χ3n) is 3.51. The first kappa shape index (κ1) is 16.2. The van der Waals surface area contributed by atoms with Crippen LogP contribution in [0.4, 0.5) is 4.79 Å². The molecule has 1 saturated heterocycles. The maximum absolute atomic E-state index is 11.9. The van der Waals surface area contributed by atoms with Gasteiger partial charge in [0.25, 0.3) is 0 Å². The van der Waals surface area contributed by atoms with Crippen molar-refractivity contribution in [1.82, 2.24) is 10.6 Å². The van der Waals surface area contributed by atoms with Crippen molar-refractivity contribution in [2.45, 2.75) is 32.9 Å². The number of carbonyl (C=O) groups excluding carboxylic acids is 2. The number of aliphatic carboxylic acids is 1. The average molecular weight is 287 g/mol. The minimum absolute atomic E-state index is 0.0245. The molecule has 0 spiro atoms. The molecule has 3 amide bonds. The molecular weight excluding hydrogens is 266 g/mol. The Morgan fingerprint density at radius 1 is 1.40 bits per heavy atom. The highest BCUT2D eigenvalue weighted by atomic mass is 16.5. The number of amides is 3. The van der Waals surface area contributed by atoms with Crippen molar-refractivity contribution in [3.05, 3.63) is 0 Å². The summed E-state index contributed by atoms with van der Waals surface area (Å²) in [5, 5.41) is 14.2. The second-order valence-corrected chi connectivity index (χ2v) is 5.53. The van der Waals surface area contributed by atoms with E-state index in [0.29, 0.717) is 0 Å². The summed E-state index contributed by atoms with van der Waals surface area (Å²) >= 11 is 0. The summed E-state index contributed by atoms with van der Waals surface area (Å²) in [6.07, 6.45) is 0. The van der Waals surface area contributed by atoms with E-state index < -0.39 is 35.4 Å². The van der Waals surface area contributed by atoms with Gasteiger partial charge in [0.1, 0.15) is 11.5 Å². The molecule has 0 radical (unpaired) electrons. The molecule has 5 N–H and O–H groups in total. The van der Waals surface area contributed by atoms with Crippen LogP contribution in [-0.4, -0.2) is 48.3 Å². The number of rotatable bonds is 5. The lowest BCUT2D eigenvalue weighted by Crippen LogP contribution is -2.56. The predicted octanol–water partition coefficient (Wildman–Crippen LogP) is -0.715. The first-order valence-corrected chi connectivity index (χ1v) is 6.36. The second-order valence-electron chi connectivity index (χ2n) is 5.53. The van der Waals surface area contributed by atoms with E-state index in [1.807, 2.05) is 0 Å². The number of carboxylic acids is 1. The van der Waals surface area contributed by atoms with Gasteiger partial charge in [0.15, 0.2) is 0 Å². The van der Waals surface area contributed by atoms with Crippen molar-refractivity contribution in [2.75, 3.05) is 13.2 Å².